The van der Waals surface area contributed by atoms with Crippen LogP contribution in [0.1, 0.15) is 12.0 Å². The average molecular weight is 372 g/mol. The zero-order valence-corrected chi connectivity index (χ0v) is 15.3. The van der Waals surface area contributed by atoms with Gasteiger partial charge in [0.25, 0.3) is 0 Å². The van der Waals surface area contributed by atoms with Crippen LogP contribution >= 0.6 is 0 Å². The van der Waals surface area contributed by atoms with Gasteiger partial charge in [-0.25, -0.2) is 0 Å². The number of rotatable bonds is 5. The summed E-state index contributed by atoms with van der Waals surface area (Å²) in [6.07, 6.45) is 5.43. The fourth-order valence-corrected chi connectivity index (χ4v) is 3.33. The van der Waals surface area contributed by atoms with E-state index in [1.165, 1.54) is 0 Å². The number of carbonyl (C=O) groups is 2. The summed E-state index contributed by atoms with van der Waals surface area (Å²) in [6.45, 7) is 0.802. The van der Waals surface area contributed by atoms with Crippen molar-refractivity contribution in [3.05, 3.63) is 78.8 Å². The Hall–Kier alpha value is -3.54. The molecule has 1 saturated heterocycles. The van der Waals surface area contributed by atoms with Gasteiger partial charge in [0, 0.05) is 49.4 Å². The minimum Gasteiger partial charge on any atom is -0.352 e. The van der Waals surface area contributed by atoms with Crippen molar-refractivity contribution in [2.45, 2.75) is 13.0 Å². The van der Waals surface area contributed by atoms with Gasteiger partial charge in [-0.3, -0.25) is 19.6 Å². The molecule has 1 fully saturated rings. The molecule has 1 aliphatic heterocycles. The van der Waals surface area contributed by atoms with Crippen molar-refractivity contribution in [2.24, 2.45) is 5.92 Å². The minimum absolute atomic E-state index is 0.0193. The first-order chi connectivity index (χ1) is 13.7. The van der Waals surface area contributed by atoms with Crippen LogP contribution in [0.15, 0.2) is 73.2 Å². The molecular weight excluding hydrogens is 352 g/mol. The molecule has 2 aromatic heterocycles. The molecule has 28 heavy (non-hydrogen) atoms. The van der Waals surface area contributed by atoms with E-state index in [1.54, 1.807) is 23.5 Å². The third-order valence-electron chi connectivity index (χ3n) is 4.81. The molecule has 2 amide bonds. The van der Waals surface area contributed by atoms with Gasteiger partial charge < -0.3 is 10.2 Å². The second-order valence-corrected chi connectivity index (χ2v) is 6.75. The van der Waals surface area contributed by atoms with Crippen LogP contribution < -0.4 is 10.2 Å². The van der Waals surface area contributed by atoms with Crippen LogP contribution in [0.5, 0.6) is 0 Å². The van der Waals surface area contributed by atoms with Gasteiger partial charge in [-0.1, -0.05) is 18.2 Å². The maximum atomic E-state index is 12.6. The topological polar surface area (TPSA) is 75.2 Å². The van der Waals surface area contributed by atoms with E-state index in [0.717, 1.165) is 22.5 Å². The maximum absolute atomic E-state index is 12.6. The molecule has 0 spiro atoms. The van der Waals surface area contributed by atoms with E-state index in [2.05, 4.69) is 15.3 Å². The third-order valence-corrected chi connectivity index (χ3v) is 4.81. The largest absolute Gasteiger partial charge is 0.352 e. The fraction of sp³-hybridized carbons (Fsp3) is 0.182. The first-order valence-electron chi connectivity index (χ1n) is 9.19. The summed E-state index contributed by atoms with van der Waals surface area (Å²) in [4.78, 5) is 35.0. The first-order valence-corrected chi connectivity index (χ1v) is 9.19. The molecule has 0 saturated carbocycles. The van der Waals surface area contributed by atoms with E-state index in [1.807, 2.05) is 54.6 Å². The van der Waals surface area contributed by atoms with E-state index < -0.39 is 0 Å². The molecule has 3 heterocycles. The first kappa shape index (κ1) is 17.9. The lowest BCUT2D eigenvalue weighted by atomic mass is 10.1. The Kier molecular flexibility index (Phi) is 5.10. The highest BCUT2D eigenvalue weighted by Crippen LogP contribution is 2.25. The van der Waals surface area contributed by atoms with E-state index >= 15 is 0 Å². The second-order valence-electron chi connectivity index (χ2n) is 6.75. The Balaban J connectivity index is 1.38. The SMILES string of the molecule is O=C(NCc1ccnc(-c2cccnc2)c1)C1CC(=O)N(c2ccccc2)C1. The van der Waals surface area contributed by atoms with Crippen molar-refractivity contribution in [2.75, 3.05) is 11.4 Å². The summed E-state index contributed by atoms with van der Waals surface area (Å²) in [7, 11) is 0. The summed E-state index contributed by atoms with van der Waals surface area (Å²) < 4.78 is 0. The number of para-hydroxylation sites is 1. The van der Waals surface area contributed by atoms with Gasteiger partial charge >= 0.3 is 0 Å². The maximum Gasteiger partial charge on any atom is 0.227 e. The number of nitrogens with one attached hydrogen (secondary N) is 1. The Labute approximate surface area is 163 Å². The van der Waals surface area contributed by atoms with Gasteiger partial charge in [0.05, 0.1) is 11.6 Å². The molecule has 6 heteroatoms. The molecule has 1 atom stereocenters. The Morgan fingerprint density at radius 2 is 1.96 bits per heavy atom. The molecule has 1 aliphatic rings. The van der Waals surface area contributed by atoms with Gasteiger partial charge in [-0.05, 0) is 42.0 Å². The van der Waals surface area contributed by atoms with Crippen molar-refractivity contribution >= 4 is 17.5 Å². The predicted molar refractivity (Wildman–Crippen MR) is 106 cm³/mol. The molecular formula is C22H20N4O2. The molecule has 0 bridgehead atoms. The van der Waals surface area contributed by atoms with Gasteiger partial charge in [0.2, 0.25) is 11.8 Å². The zero-order chi connectivity index (χ0) is 19.3. The minimum atomic E-state index is -0.340. The molecule has 3 aromatic rings. The highest BCUT2D eigenvalue weighted by Gasteiger charge is 2.34. The zero-order valence-electron chi connectivity index (χ0n) is 15.3. The van der Waals surface area contributed by atoms with Crippen LogP contribution in [0.3, 0.4) is 0 Å². The molecule has 0 radical (unpaired) electrons. The summed E-state index contributed by atoms with van der Waals surface area (Å²) in [5.74, 6) is -0.465. The summed E-state index contributed by atoms with van der Waals surface area (Å²) in [6, 6.07) is 17.1. The van der Waals surface area contributed by atoms with Gasteiger partial charge in [-0.2, -0.15) is 0 Å². The monoisotopic (exact) mass is 372 g/mol. The van der Waals surface area contributed by atoms with Crippen molar-refractivity contribution in [3.8, 4) is 11.3 Å². The van der Waals surface area contributed by atoms with Crippen molar-refractivity contribution < 1.29 is 9.59 Å². The standard InChI is InChI=1S/C22H20N4O2/c27-21-12-18(15-26(21)19-6-2-1-3-7-19)22(28)25-13-16-8-10-24-20(11-16)17-5-4-9-23-14-17/h1-11,14,18H,12-13,15H2,(H,25,28). The highest BCUT2D eigenvalue weighted by atomic mass is 16.2. The van der Waals surface area contributed by atoms with E-state index in [9.17, 15) is 9.59 Å². The summed E-state index contributed by atoms with van der Waals surface area (Å²) in [5.41, 5.74) is 3.52. The number of amides is 2. The van der Waals surface area contributed by atoms with Crippen LogP contribution in [-0.2, 0) is 16.1 Å². The molecule has 0 aliphatic carbocycles. The number of pyridine rings is 2. The smallest absolute Gasteiger partial charge is 0.227 e. The third kappa shape index (κ3) is 3.91. The second kappa shape index (κ2) is 8.00. The number of nitrogens with zero attached hydrogens (tertiary/aromatic N) is 3. The van der Waals surface area contributed by atoms with Crippen LogP contribution in [0.4, 0.5) is 5.69 Å². The molecule has 6 nitrogen and oxygen atoms in total. The van der Waals surface area contributed by atoms with Crippen molar-refractivity contribution in [1.29, 1.82) is 0 Å². The number of hydrogen-bond donors (Lipinski definition) is 1. The van der Waals surface area contributed by atoms with E-state index in [4.69, 9.17) is 0 Å². The van der Waals surface area contributed by atoms with Crippen LogP contribution in [0.2, 0.25) is 0 Å². The highest BCUT2D eigenvalue weighted by molar-refractivity contribution is 6.00. The normalized spacial score (nSPS) is 16.2. The molecule has 140 valence electrons. The molecule has 1 unspecified atom stereocenters. The van der Waals surface area contributed by atoms with Gasteiger partial charge in [-0.15, -0.1) is 0 Å². The lowest BCUT2D eigenvalue weighted by Crippen LogP contribution is -2.32. The van der Waals surface area contributed by atoms with E-state index in [0.29, 0.717) is 13.1 Å². The number of aromatic nitrogens is 2. The van der Waals surface area contributed by atoms with Crippen LogP contribution in [-0.4, -0.2) is 28.3 Å². The van der Waals surface area contributed by atoms with Crippen molar-refractivity contribution in [1.82, 2.24) is 15.3 Å². The molecule has 1 N–H and O–H groups in total. The lowest BCUT2D eigenvalue weighted by molar-refractivity contribution is -0.126. The lowest BCUT2D eigenvalue weighted by Gasteiger charge is -2.16. The van der Waals surface area contributed by atoms with Crippen molar-refractivity contribution in [3.63, 3.8) is 0 Å². The number of hydrogen-bond acceptors (Lipinski definition) is 4. The average Bonchev–Trinajstić information content (AvgIpc) is 3.15. The molecule has 4 rings (SSSR count). The number of carbonyl (C=O) groups excluding carboxylic acids is 2. The summed E-state index contributed by atoms with van der Waals surface area (Å²) in [5, 5.41) is 2.95. The Morgan fingerprint density at radius 1 is 1.11 bits per heavy atom. The molecule has 1 aromatic carbocycles. The predicted octanol–water partition coefficient (Wildman–Crippen LogP) is 2.81. The number of benzene rings is 1. The Morgan fingerprint density at radius 3 is 2.75 bits per heavy atom. The van der Waals surface area contributed by atoms with Crippen LogP contribution in [0.25, 0.3) is 11.3 Å². The van der Waals surface area contributed by atoms with Crippen LogP contribution in [0, 0.1) is 5.92 Å². The Bertz CT molecular complexity index is 976. The fourth-order valence-electron chi connectivity index (χ4n) is 3.33. The van der Waals surface area contributed by atoms with Gasteiger partial charge in [0.15, 0.2) is 0 Å². The number of anilines is 1. The van der Waals surface area contributed by atoms with Gasteiger partial charge in [0.1, 0.15) is 0 Å². The summed E-state index contributed by atoms with van der Waals surface area (Å²) >= 11 is 0. The quantitative estimate of drug-likeness (QED) is 0.747. The van der Waals surface area contributed by atoms with E-state index in [-0.39, 0.29) is 24.2 Å².